The fourth-order valence-electron chi connectivity index (χ4n) is 1.65. The van der Waals surface area contributed by atoms with Crippen molar-refractivity contribution >= 4 is 39.1 Å². The second-order valence-electron chi connectivity index (χ2n) is 4.05. The molecule has 2 aromatic carbocycles. The van der Waals surface area contributed by atoms with Gasteiger partial charge in [-0.1, -0.05) is 23.7 Å². The largest absolute Gasteiger partial charge is 0.399 e. The molecule has 0 fully saturated rings. The van der Waals surface area contributed by atoms with Gasteiger partial charge < -0.3 is 11.1 Å². The van der Waals surface area contributed by atoms with E-state index in [0.29, 0.717) is 27.3 Å². The van der Waals surface area contributed by atoms with Gasteiger partial charge in [-0.15, -0.1) is 0 Å². The number of anilines is 1. The van der Waals surface area contributed by atoms with Crippen molar-refractivity contribution in [2.45, 2.75) is 6.54 Å². The van der Waals surface area contributed by atoms with Crippen molar-refractivity contribution in [1.29, 1.82) is 0 Å². The van der Waals surface area contributed by atoms with Crippen molar-refractivity contribution in [3.63, 3.8) is 0 Å². The van der Waals surface area contributed by atoms with Crippen LogP contribution in [0.2, 0.25) is 5.02 Å². The lowest BCUT2D eigenvalue weighted by Crippen LogP contribution is -2.23. The van der Waals surface area contributed by atoms with Crippen LogP contribution in [0.3, 0.4) is 0 Å². The number of nitrogen functional groups attached to an aromatic ring is 1. The zero-order valence-corrected chi connectivity index (χ0v) is 12.3. The predicted octanol–water partition coefficient (Wildman–Crippen LogP) is 3.61. The van der Waals surface area contributed by atoms with Gasteiger partial charge in [-0.2, -0.15) is 0 Å². The minimum Gasteiger partial charge on any atom is -0.399 e. The highest BCUT2D eigenvalue weighted by atomic mass is 79.9. The monoisotopic (exact) mass is 338 g/mol. The number of hydrogen-bond donors (Lipinski definition) is 2. The fraction of sp³-hybridized carbons (Fsp3) is 0.0714. The van der Waals surface area contributed by atoms with Crippen LogP contribution in [0.1, 0.15) is 15.9 Å². The molecule has 3 nitrogen and oxygen atoms in total. The standard InChI is InChI=1S/C14H12BrClN2O/c15-13-7-10(16)4-5-12(13)14(19)18-8-9-2-1-3-11(17)6-9/h1-7H,8,17H2,(H,18,19). The van der Waals surface area contributed by atoms with Crippen LogP contribution in [0, 0.1) is 0 Å². The Bertz CT molecular complexity index is 616. The molecule has 0 unspecified atom stereocenters. The van der Waals surface area contributed by atoms with Crippen LogP contribution in [0.15, 0.2) is 46.9 Å². The topological polar surface area (TPSA) is 55.1 Å². The Balaban J connectivity index is 2.05. The van der Waals surface area contributed by atoms with Crippen LogP contribution < -0.4 is 11.1 Å². The van der Waals surface area contributed by atoms with E-state index >= 15 is 0 Å². The van der Waals surface area contributed by atoms with Crippen LogP contribution in [0.4, 0.5) is 5.69 Å². The van der Waals surface area contributed by atoms with E-state index in [0.717, 1.165) is 5.56 Å². The fourth-order valence-corrected chi connectivity index (χ4v) is 2.52. The predicted molar refractivity (Wildman–Crippen MR) is 81.2 cm³/mol. The first-order chi connectivity index (χ1) is 9.06. The van der Waals surface area contributed by atoms with Gasteiger partial charge in [-0.25, -0.2) is 0 Å². The average molecular weight is 340 g/mol. The van der Waals surface area contributed by atoms with Gasteiger partial charge in [-0.3, -0.25) is 4.79 Å². The molecule has 0 radical (unpaired) electrons. The van der Waals surface area contributed by atoms with Crippen molar-refractivity contribution in [2.75, 3.05) is 5.73 Å². The maximum atomic E-state index is 12.0. The zero-order chi connectivity index (χ0) is 13.8. The van der Waals surface area contributed by atoms with Crippen molar-refractivity contribution in [1.82, 2.24) is 5.32 Å². The number of hydrogen-bond acceptors (Lipinski definition) is 2. The van der Waals surface area contributed by atoms with E-state index in [9.17, 15) is 4.79 Å². The minimum absolute atomic E-state index is 0.161. The maximum Gasteiger partial charge on any atom is 0.252 e. The summed E-state index contributed by atoms with van der Waals surface area (Å²) in [6.07, 6.45) is 0. The van der Waals surface area contributed by atoms with E-state index in [1.807, 2.05) is 18.2 Å². The smallest absolute Gasteiger partial charge is 0.252 e. The van der Waals surface area contributed by atoms with Crippen LogP contribution >= 0.6 is 27.5 Å². The second kappa shape index (κ2) is 6.08. The summed E-state index contributed by atoms with van der Waals surface area (Å²) in [5.74, 6) is -0.161. The maximum absolute atomic E-state index is 12.0. The molecule has 0 atom stereocenters. The van der Waals surface area contributed by atoms with Gasteiger partial charge >= 0.3 is 0 Å². The summed E-state index contributed by atoms with van der Waals surface area (Å²) in [5.41, 5.74) is 7.87. The summed E-state index contributed by atoms with van der Waals surface area (Å²) in [6, 6.07) is 12.5. The Labute approximate surface area is 124 Å². The summed E-state index contributed by atoms with van der Waals surface area (Å²) in [6.45, 7) is 0.430. The first kappa shape index (κ1) is 13.9. The van der Waals surface area contributed by atoms with Crippen molar-refractivity contribution in [3.8, 4) is 0 Å². The zero-order valence-electron chi connectivity index (χ0n) is 9.99. The highest BCUT2D eigenvalue weighted by molar-refractivity contribution is 9.10. The minimum atomic E-state index is -0.161. The van der Waals surface area contributed by atoms with Crippen LogP contribution in [-0.2, 0) is 6.54 Å². The Morgan fingerprint density at radius 3 is 2.74 bits per heavy atom. The van der Waals surface area contributed by atoms with E-state index in [1.165, 1.54) is 0 Å². The number of amides is 1. The highest BCUT2D eigenvalue weighted by Crippen LogP contribution is 2.21. The second-order valence-corrected chi connectivity index (χ2v) is 5.34. The molecule has 0 aliphatic heterocycles. The van der Waals surface area contributed by atoms with Gasteiger partial charge in [0.1, 0.15) is 0 Å². The van der Waals surface area contributed by atoms with Crippen LogP contribution in [0.5, 0.6) is 0 Å². The van der Waals surface area contributed by atoms with Gasteiger partial charge in [0.2, 0.25) is 0 Å². The van der Waals surface area contributed by atoms with Gasteiger partial charge in [0, 0.05) is 21.7 Å². The molecule has 0 spiro atoms. The molecular formula is C14H12BrClN2O. The molecule has 0 aliphatic carbocycles. The van der Waals surface area contributed by atoms with Crippen LogP contribution in [-0.4, -0.2) is 5.91 Å². The third kappa shape index (κ3) is 3.72. The molecule has 98 valence electrons. The van der Waals surface area contributed by atoms with Gasteiger partial charge in [0.15, 0.2) is 0 Å². The summed E-state index contributed by atoms with van der Waals surface area (Å²) in [5, 5.41) is 3.42. The number of rotatable bonds is 3. The normalized spacial score (nSPS) is 10.2. The molecule has 0 bridgehead atoms. The quantitative estimate of drug-likeness (QED) is 0.839. The number of nitrogens with two attached hydrogens (primary N) is 1. The lowest BCUT2D eigenvalue weighted by Gasteiger charge is -2.08. The van der Waals surface area contributed by atoms with Gasteiger partial charge in [0.05, 0.1) is 5.56 Å². The molecule has 0 aromatic heterocycles. The van der Waals surface area contributed by atoms with E-state index in [1.54, 1.807) is 24.3 Å². The van der Waals surface area contributed by atoms with E-state index < -0.39 is 0 Å². The molecule has 2 rings (SSSR count). The van der Waals surface area contributed by atoms with Crippen molar-refractivity contribution in [3.05, 3.63) is 63.1 Å². The SMILES string of the molecule is Nc1cccc(CNC(=O)c2ccc(Cl)cc2Br)c1. The number of benzene rings is 2. The first-order valence-corrected chi connectivity index (χ1v) is 6.81. The molecule has 2 aromatic rings. The molecular weight excluding hydrogens is 328 g/mol. The number of carbonyl (C=O) groups excluding carboxylic acids is 1. The van der Waals surface area contributed by atoms with Gasteiger partial charge in [0.25, 0.3) is 5.91 Å². The van der Waals surface area contributed by atoms with Gasteiger partial charge in [-0.05, 0) is 51.8 Å². The Hall–Kier alpha value is -1.52. The lowest BCUT2D eigenvalue weighted by molar-refractivity contribution is 0.0950. The number of halogens is 2. The molecule has 3 N–H and O–H groups in total. The number of carbonyl (C=O) groups is 1. The molecule has 0 saturated carbocycles. The third-order valence-electron chi connectivity index (χ3n) is 2.58. The summed E-state index contributed by atoms with van der Waals surface area (Å²) < 4.78 is 0.671. The molecule has 19 heavy (non-hydrogen) atoms. The molecule has 0 heterocycles. The first-order valence-electron chi connectivity index (χ1n) is 5.64. The van der Waals surface area contributed by atoms with Crippen molar-refractivity contribution in [2.24, 2.45) is 0 Å². The summed E-state index contributed by atoms with van der Waals surface area (Å²) >= 11 is 9.16. The Kier molecular flexibility index (Phi) is 4.45. The summed E-state index contributed by atoms with van der Waals surface area (Å²) in [4.78, 5) is 12.0. The highest BCUT2D eigenvalue weighted by Gasteiger charge is 2.09. The number of nitrogens with one attached hydrogen (secondary N) is 1. The van der Waals surface area contributed by atoms with Crippen LogP contribution in [0.25, 0.3) is 0 Å². The molecule has 0 saturated heterocycles. The van der Waals surface area contributed by atoms with E-state index in [4.69, 9.17) is 17.3 Å². The average Bonchev–Trinajstić information content (AvgIpc) is 2.36. The third-order valence-corrected chi connectivity index (χ3v) is 3.47. The lowest BCUT2D eigenvalue weighted by atomic mass is 10.2. The molecule has 0 aliphatic rings. The molecule has 1 amide bonds. The summed E-state index contributed by atoms with van der Waals surface area (Å²) in [7, 11) is 0. The molecule has 5 heteroatoms. The Morgan fingerprint density at radius 1 is 1.26 bits per heavy atom. The van der Waals surface area contributed by atoms with E-state index in [-0.39, 0.29) is 5.91 Å². The van der Waals surface area contributed by atoms with E-state index in [2.05, 4.69) is 21.2 Å². The van der Waals surface area contributed by atoms with Crippen molar-refractivity contribution < 1.29 is 4.79 Å². The Morgan fingerprint density at radius 2 is 2.05 bits per heavy atom.